The maximum Gasteiger partial charge on any atom is 0.327 e. The molecule has 0 aromatic heterocycles. The number of rotatable bonds is 0. The number of urea groups is 1. The van der Waals surface area contributed by atoms with Crippen molar-refractivity contribution in [1.82, 2.24) is 9.80 Å². The number of carbonyl (C=O) groups excluding carboxylic acids is 3. The van der Waals surface area contributed by atoms with Gasteiger partial charge in [0.25, 0.3) is 5.91 Å². The molecule has 0 bridgehead atoms. The summed E-state index contributed by atoms with van der Waals surface area (Å²) in [6.07, 6.45) is 0. The Balaban J connectivity index is 2.99. The zero-order chi connectivity index (χ0) is 9.46. The SMILES string of the molecule is CC1C(=O)C(=O)N(C)C(=O)N1C. The Bertz CT molecular complexity index is 261. The summed E-state index contributed by atoms with van der Waals surface area (Å²) in [6, 6.07) is -1.08. The van der Waals surface area contributed by atoms with Crippen LogP contribution in [0, 0.1) is 0 Å². The molecular formula is C7H10N2O3. The van der Waals surface area contributed by atoms with Gasteiger partial charge in [-0.3, -0.25) is 14.5 Å². The normalized spacial score (nSPS) is 25.2. The molecule has 5 heteroatoms. The van der Waals surface area contributed by atoms with Gasteiger partial charge < -0.3 is 4.90 Å². The molecular weight excluding hydrogens is 160 g/mol. The van der Waals surface area contributed by atoms with E-state index < -0.39 is 23.8 Å². The van der Waals surface area contributed by atoms with Crippen LogP contribution in [0.15, 0.2) is 0 Å². The second kappa shape index (κ2) is 2.58. The molecule has 0 saturated carbocycles. The molecule has 1 unspecified atom stereocenters. The third-order valence-electron chi connectivity index (χ3n) is 2.06. The van der Waals surface area contributed by atoms with E-state index in [4.69, 9.17) is 0 Å². The van der Waals surface area contributed by atoms with Gasteiger partial charge in [0, 0.05) is 14.1 Å². The van der Waals surface area contributed by atoms with Crippen LogP contribution < -0.4 is 0 Å². The molecule has 1 aliphatic rings. The number of likely N-dealkylation sites (N-methyl/N-ethyl adjacent to an activating group) is 2. The van der Waals surface area contributed by atoms with Crippen molar-refractivity contribution < 1.29 is 14.4 Å². The summed E-state index contributed by atoms with van der Waals surface area (Å²) < 4.78 is 0. The lowest BCUT2D eigenvalue weighted by Crippen LogP contribution is -2.58. The van der Waals surface area contributed by atoms with Gasteiger partial charge >= 0.3 is 6.03 Å². The molecule has 1 aliphatic heterocycles. The molecule has 12 heavy (non-hydrogen) atoms. The van der Waals surface area contributed by atoms with E-state index in [0.717, 1.165) is 4.90 Å². The first kappa shape index (κ1) is 8.70. The first-order chi connectivity index (χ1) is 5.46. The Morgan fingerprint density at radius 1 is 1.17 bits per heavy atom. The smallest absolute Gasteiger partial charge is 0.317 e. The van der Waals surface area contributed by atoms with Gasteiger partial charge in [0.05, 0.1) is 6.04 Å². The summed E-state index contributed by atoms with van der Waals surface area (Å²) in [6.45, 7) is 1.53. The summed E-state index contributed by atoms with van der Waals surface area (Å²) in [4.78, 5) is 35.4. The number of amides is 3. The van der Waals surface area contributed by atoms with Gasteiger partial charge in [-0.05, 0) is 6.92 Å². The minimum atomic E-state index is -0.731. The van der Waals surface area contributed by atoms with E-state index in [1.165, 1.54) is 25.9 Å². The predicted octanol–water partition coefficient (Wildman–Crippen LogP) is -0.532. The number of Topliss-reactive ketones (excluding diaryl/α,β-unsaturated/α-hetero) is 1. The highest BCUT2D eigenvalue weighted by atomic mass is 16.2. The third kappa shape index (κ3) is 0.975. The van der Waals surface area contributed by atoms with Crippen LogP contribution in [0.1, 0.15) is 6.92 Å². The van der Waals surface area contributed by atoms with Crippen molar-refractivity contribution in [2.45, 2.75) is 13.0 Å². The van der Waals surface area contributed by atoms with Crippen LogP contribution in [0.3, 0.4) is 0 Å². The largest absolute Gasteiger partial charge is 0.327 e. The van der Waals surface area contributed by atoms with Crippen LogP contribution in [0.2, 0.25) is 0 Å². The average molecular weight is 170 g/mol. The molecule has 3 amide bonds. The standard InChI is InChI=1S/C7H10N2O3/c1-4-5(10)6(11)9(3)7(12)8(4)2/h4H,1-3H3. The highest BCUT2D eigenvalue weighted by molar-refractivity contribution is 6.42. The second-order valence-corrected chi connectivity index (χ2v) is 2.80. The minimum absolute atomic E-state index is 0.438. The monoisotopic (exact) mass is 170 g/mol. The Morgan fingerprint density at radius 2 is 1.67 bits per heavy atom. The molecule has 1 fully saturated rings. The Labute approximate surface area is 69.9 Å². The molecule has 1 rings (SSSR count). The van der Waals surface area contributed by atoms with E-state index in [9.17, 15) is 14.4 Å². The molecule has 0 spiro atoms. The zero-order valence-corrected chi connectivity index (χ0v) is 7.20. The predicted molar refractivity (Wildman–Crippen MR) is 40.4 cm³/mol. The molecule has 66 valence electrons. The van der Waals surface area contributed by atoms with Crippen LogP contribution in [-0.4, -0.2) is 47.7 Å². The number of hydrogen-bond donors (Lipinski definition) is 0. The van der Waals surface area contributed by atoms with Crippen LogP contribution in [-0.2, 0) is 9.59 Å². The Kier molecular flexibility index (Phi) is 1.87. The highest BCUT2D eigenvalue weighted by Crippen LogP contribution is 2.09. The van der Waals surface area contributed by atoms with Crippen molar-refractivity contribution >= 4 is 17.7 Å². The molecule has 0 aromatic rings. The summed E-state index contributed by atoms with van der Waals surface area (Å²) in [5.41, 5.74) is 0. The number of hydrogen-bond acceptors (Lipinski definition) is 3. The van der Waals surface area contributed by atoms with Crippen molar-refractivity contribution in [2.24, 2.45) is 0 Å². The van der Waals surface area contributed by atoms with Crippen molar-refractivity contribution in [3.8, 4) is 0 Å². The summed E-state index contributed by atoms with van der Waals surface area (Å²) in [7, 11) is 2.79. The van der Waals surface area contributed by atoms with Crippen LogP contribution in [0.5, 0.6) is 0 Å². The molecule has 0 aliphatic carbocycles. The van der Waals surface area contributed by atoms with Crippen LogP contribution in [0.25, 0.3) is 0 Å². The molecule has 0 aromatic carbocycles. The average Bonchev–Trinajstić information content (AvgIpc) is 2.08. The van der Waals surface area contributed by atoms with Gasteiger partial charge in [0.2, 0.25) is 5.78 Å². The fourth-order valence-electron chi connectivity index (χ4n) is 1.01. The maximum atomic E-state index is 11.2. The highest BCUT2D eigenvalue weighted by Gasteiger charge is 2.39. The van der Waals surface area contributed by atoms with Crippen molar-refractivity contribution in [1.29, 1.82) is 0 Å². The number of carbonyl (C=O) groups is 3. The minimum Gasteiger partial charge on any atom is -0.317 e. The van der Waals surface area contributed by atoms with E-state index in [1.807, 2.05) is 0 Å². The van der Waals surface area contributed by atoms with E-state index in [-0.39, 0.29) is 0 Å². The van der Waals surface area contributed by atoms with Gasteiger partial charge in [0.15, 0.2) is 0 Å². The van der Waals surface area contributed by atoms with Crippen LogP contribution >= 0.6 is 0 Å². The van der Waals surface area contributed by atoms with Gasteiger partial charge in [-0.1, -0.05) is 0 Å². The van der Waals surface area contributed by atoms with Crippen molar-refractivity contribution in [3.63, 3.8) is 0 Å². The van der Waals surface area contributed by atoms with Gasteiger partial charge in [-0.25, -0.2) is 4.79 Å². The van der Waals surface area contributed by atoms with E-state index in [2.05, 4.69) is 0 Å². The number of nitrogens with zero attached hydrogens (tertiary/aromatic N) is 2. The topological polar surface area (TPSA) is 57.7 Å². The lowest BCUT2D eigenvalue weighted by Gasteiger charge is -2.32. The van der Waals surface area contributed by atoms with Crippen molar-refractivity contribution in [2.75, 3.05) is 14.1 Å². The lowest BCUT2D eigenvalue weighted by molar-refractivity contribution is -0.146. The number of ketones is 1. The zero-order valence-electron chi connectivity index (χ0n) is 7.20. The fraction of sp³-hybridized carbons (Fsp3) is 0.571. The van der Waals surface area contributed by atoms with Crippen LogP contribution in [0.4, 0.5) is 4.79 Å². The quantitative estimate of drug-likeness (QED) is 0.459. The third-order valence-corrected chi connectivity index (χ3v) is 2.06. The second-order valence-electron chi connectivity index (χ2n) is 2.80. The molecule has 5 nitrogen and oxygen atoms in total. The van der Waals surface area contributed by atoms with Gasteiger partial charge in [-0.2, -0.15) is 0 Å². The molecule has 0 N–H and O–H groups in total. The molecule has 1 atom stereocenters. The molecule has 1 heterocycles. The fourth-order valence-corrected chi connectivity index (χ4v) is 1.01. The van der Waals surface area contributed by atoms with E-state index in [0.29, 0.717) is 0 Å². The number of imide groups is 1. The Hall–Kier alpha value is -1.39. The van der Waals surface area contributed by atoms with Gasteiger partial charge in [0.1, 0.15) is 0 Å². The van der Waals surface area contributed by atoms with Crippen molar-refractivity contribution in [3.05, 3.63) is 0 Å². The summed E-state index contributed by atoms with van der Waals surface area (Å²) in [5.74, 6) is -1.27. The molecule has 0 radical (unpaired) electrons. The van der Waals surface area contributed by atoms with E-state index >= 15 is 0 Å². The van der Waals surface area contributed by atoms with Gasteiger partial charge in [-0.15, -0.1) is 0 Å². The maximum absolute atomic E-state index is 11.2. The van der Waals surface area contributed by atoms with E-state index in [1.54, 1.807) is 0 Å². The first-order valence-corrected chi connectivity index (χ1v) is 3.55. The molecule has 1 saturated heterocycles. The lowest BCUT2D eigenvalue weighted by atomic mass is 10.1. The Morgan fingerprint density at radius 3 is 2.17 bits per heavy atom. The summed E-state index contributed by atoms with van der Waals surface area (Å²) in [5, 5.41) is 0. The summed E-state index contributed by atoms with van der Waals surface area (Å²) >= 11 is 0. The first-order valence-electron chi connectivity index (χ1n) is 3.55.